The number of halogens is 3. The number of nitrogens with one attached hydrogen (secondary N) is 1. The van der Waals surface area contributed by atoms with Crippen LogP contribution in [0.5, 0.6) is 0 Å². The highest BCUT2D eigenvalue weighted by Gasteiger charge is 2.31. The highest BCUT2D eigenvalue weighted by molar-refractivity contribution is 5.44. The number of alkyl halides is 3. The maximum Gasteiger partial charge on any atom is 0.406 e. The molecule has 120 valence electrons. The lowest BCUT2D eigenvalue weighted by molar-refractivity contribution is -0.119. The minimum absolute atomic E-state index is 0.0205. The first-order chi connectivity index (χ1) is 9.76. The highest BCUT2D eigenvalue weighted by atomic mass is 19.4. The Labute approximate surface area is 122 Å². The molecule has 0 amide bonds. The molecule has 0 saturated heterocycles. The van der Waals surface area contributed by atoms with Crippen LogP contribution in [0, 0.1) is 0 Å². The maximum atomic E-state index is 12.6. The average Bonchev–Trinajstić information content (AvgIpc) is 2.41. The first kappa shape index (κ1) is 17.3. The van der Waals surface area contributed by atoms with Crippen molar-refractivity contribution < 1.29 is 13.2 Å². The van der Waals surface area contributed by atoms with E-state index >= 15 is 0 Å². The molecular formula is C12H21F3N6. The van der Waals surface area contributed by atoms with Crippen LogP contribution in [0.2, 0.25) is 0 Å². The van der Waals surface area contributed by atoms with E-state index in [-0.39, 0.29) is 18.4 Å². The largest absolute Gasteiger partial charge is 0.406 e. The summed E-state index contributed by atoms with van der Waals surface area (Å²) in [5, 5.41) is 2.97. The van der Waals surface area contributed by atoms with E-state index in [4.69, 9.17) is 0 Å². The summed E-state index contributed by atoms with van der Waals surface area (Å²) in [4.78, 5) is 15.0. The summed E-state index contributed by atoms with van der Waals surface area (Å²) in [7, 11) is 3.45. The zero-order chi connectivity index (χ0) is 16.0. The maximum absolute atomic E-state index is 12.6. The molecule has 9 heteroatoms. The van der Waals surface area contributed by atoms with Gasteiger partial charge in [0.05, 0.1) is 0 Å². The van der Waals surface area contributed by atoms with Crippen LogP contribution in [0.4, 0.5) is 31.0 Å². The van der Waals surface area contributed by atoms with Crippen LogP contribution < -0.4 is 15.1 Å². The van der Waals surface area contributed by atoms with E-state index in [1.165, 1.54) is 0 Å². The third kappa shape index (κ3) is 5.60. The molecule has 0 bridgehead atoms. The second-order valence-electron chi connectivity index (χ2n) is 4.71. The van der Waals surface area contributed by atoms with Gasteiger partial charge in [0.2, 0.25) is 17.8 Å². The standard InChI is InChI=1S/C12H21F3N6/c1-5-7-16-9-17-10(20(3)4)19-11(18-9)21(6-2)8-12(13,14)15/h5-8H2,1-4H3,(H,16,17,18,19). The van der Waals surface area contributed by atoms with Crippen molar-refractivity contribution >= 4 is 17.8 Å². The molecule has 0 aromatic carbocycles. The van der Waals surface area contributed by atoms with Gasteiger partial charge in [-0.25, -0.2) is 0 Å². The molecular weight excluding hydrogens is 285 g/mol. The van der Waals surface area contributed by atoms with E-state index < -0.39 is 12.7 Å². The fourth-order valence-electron chi connectivity index (χ4n) is 1.55. The van der Waals surface area contributed by atoms with Gasteiger partial charge >= 0.3 is 6.18 Å². The van der Waals surface area contributed by atoms with Gasteiger partial charge in [-0.1, -0.05) is 6.92 Å². The van der Waals surface area contributed by atoms with Crippen LogP contribution in [0.25, 0.3) is 0 Å². The summed E-state index contributed by atoms with van der Waals surface area (Å²) < 4.78 is 37.8. The van der Waals surface area contributed by atoms with Crippen LogP contribution in [0.3, 0.4) is 0 Å². The summed E-state index contributed by atoms with van der Waals surface area (Å²) in [6.45, 7) is 3.31. The van der Waals surface area contributed by atoms with Crippen molar-refractivity contribution in [3.63, 3.8) is 0 Å². The van der Waals surface area contributed by atoms with Crippen LogP contribution in [0.15, 0.2) is 0 Å². The van der Waals surface area contributed by atoms with Gasteiger partial charge < -0.3 is 15.1 Å². The number of anilines is 3. The van der Waals surface area contributed by atoms with Gasteiger partial charge in [-0.05, 0) is 13.3 Å². The number of nitrogens with zero attached hydrogens (tertiary/aromatic N) is 5. The van der Waals surface area contributed by atoms with Gasteiger partial charge in [0.1, 0.15) is 6.54 Å². The molecule has 1 N–H and O–H groups in total. The smallest absolute Gasteiger partial charge is 0.354 e. The molecule has 0 radical (unpaired) electrons. The first-order valence-corrected chi connectivity index (χ1v) is 6.75. The summed E-state index contributed by atoms with van der Waals surface area (Å²) in [6, 6.07) is 0. The van der Waals surface area contributed by atoms with E-state index in [1.54, 1.807) is 25.9 Å². The van der Waals surface area contributed by atoms with Crippen molar-refractivity contribution in [1.29, 1.82) is 0 Å². The van der Waals surface area contributed by atoms with E-state index in [9.17, 15) is 13.2 Å². The van der Waals surface area contributed by atoms with Gasteiger partial charge in [0.15, 0.2) is 0 Å². The monoisotopic (exact) mass is 306 g/mol. The molecule has 0 saturated carbocycles. The number of aromatic nitrogens is 3. The van der Waals surface area contributed by atoms with Crippen molar-refractivity contribution in [3.8, 4) is 0 Å². The molecule has 0 fully saturated rings. The molecule has 0 aliphatic rings. The number of hydrogen-bond acceptors (Lipinski definition) is 6. The van der Waals surface area contributed by atoms with Gasteiger partial charge in [0, 0.05) is 27.2 Å². The molecule has 0 aliphatic carbocycles. The van der Waals surface area contributed by atoms with Crippen LogP contribution >= 0.6 is 0 Å². The summed E-state index contributed by atoms with van der Waals surface area (Å²) in [5.41, 5.74) is 0. The topological polar surface area (TPSA) is 57.2 Å². The van der Waals surface area contributed by atoms with Crippen molar-refractivity contribution in [3.05, 3.63) is 0 Å². The lowest BCUT2D eigenvalue weighted by Crippen LogP contribution is -2.35. The molecule has 1 aromatic rings. The normalized spacial score (nSPS) is 11.4. The Morgan fingerprint density at radius 2 is 1.67 bits per heavy atom. The number of rotatable bonds is 7. The molecule has 0 spiro atoms. The molecule has 0 atom stereocenters. The molecule has 0 unspecified atom stereocenters. The zero-order valence-electron chi connectivity index (χ0n) is 12.7. The Hall–Kier alpha value is -1.80. The fourth-order valence-corrected chi connectivity index (χ4v) is 1.55. The third-order valence-corrected chi connectivity index (χ3v) is 2.58. The lowest BCUT2D eigenvalue weighted by atomic mass is 10.5. The minimum atomic E-state index is -4.31. The van der Waals surface area contributed by atoms with Crippen molar-refractivity contribution in [2.75, 3.05) is 48.8 Å². The van der Waals surface area contributed by atoms with Crippen LogP contribution in [-0.2, 0) is 0 Å². The van der Waals surface area contributed by atoms with E-state index in [2.05, 4.69) is 20.3 Å². The Kier molecular flexibility index (Phi) is 5.98. The second-order valence-corrected chi connectivity index (χ2v) is 4.71. The third-order valence-electron chi connectivity index (χ3n) is 2.58. The second kappa shape index (κ2) is 7.28. The summed E-state index contributed by atoms with van der Waals surface area (Å²) in [5.74, 6) is 0.623. The van der Waals surface area contributed by atoms with Crippen molar-refractivity contribution in [1.82, 2.24) is 15.0 Å². The Balaban J connectivity index is 3.10. The van der Waals surface area contributed by atoms with Crippen LogP contribution in [0.1, 0.15) is 20.3 Å². The van der Waals surface area contributed by atoms with Crippen molar-refractivity contribution in [2.45, 2.75) is 26.4 Å². The molecule has 1 aromatic heterocycles. The molecule has 6 nitrogen and oxygen atoms in total. The van der Waals surface area contributed by atoms with Gasteiger partial charge in [-0.2, -0.15) is 28.1 Å². The fraction of sp³-hybridized carbons (Fsp3) is 0.750. The van der Waals surface area contributed by atoms with Gasteiger partial charge in [0.25, 0.3) is 0 Å². The predicted octanol–water partition coefficient (Wildman–Crippen LogP) is 2.15. The molecule has 0 aliphatic heterocycles. The lowest BCUT2D eigenvalue weighted by Gasteiger charge is -2.23. The van der Waals surface area contributed by atoms with Crippen LogP contribution in [-0.4, -0.2) is 54.9 Å². The summed E-state index contributed by atoms with van der Waals surface area (Å²) >= 11 is 0. The van der Waals surface area contributed by atoms with E-state index in [0.717, 1.165) is 11.3 Å². The Morgan fingerprint density at radius 1 is 1.05 bits per heavy atom. The van der Waals surface area contributed by atoms with E-state index in [0.29, 0.717) is 12.5 Å². The number of hydrogen-bond donors (Lipinski definition) is 1. The SMILES string of the molecule is CCCNc1nc(N(C)C)nc(N(CC)CC(F)(F)F)n1. The Bertz CT molecular complexity index is 449. The zero-order valence-corrected chi connectivity index (χ0v) is 12.7. The quantitative estimate of drug-likeness (QED) is 0.833. The molecule has 1 heterocycles. The first-order valence-electron chi connectivity index (χ1n) is 6.75. The van der Waals surface area contributed by atoms with Gasteiger partial charge in [-0.15, -0.1) is 0 Å². The molecule has 21 heavy (non-hydrogen) atoms. The predicted molar refractivity (Wildman–Crippen MR) is 76.9 cm³/mol. The summed E-state index contributed by atoms with van der Waals surface area (Å²) in [6.07, 6.45) is -3.45. The minimum Gasteiger partial charge on any atom is -0.354 e. The van der Waals surface area contributed by atoms with E-state index in [1.807, 2.05) is 6.92 Å². The van der Waals surface area contributed by atoms with Crippen molar-refractivity contribution in [2.24, 2.45) is 0 Å². The average molecular weight is 306 g/mol. The Morgan fingerprint density at radius 3 is 2.14 bits per heavy atom. The van der Waals surface area contributed by atoms with Gasteiger partial charge in [-0.3, -0.25) is 0 Å². The molecule has 1 rings (SSSR count). The highest BCUT2D eigenvalue weighted by Crippen LogP contribution is 2.21.